The number of nitrogens with zero attached hydrogens (tertiary/aromatic N) is 3. The number of para-hydroxylation sites is 1. The van der Waals surface area contributed by atoms with Crippen LogP contribution in [0.25, 0.3) is 10.9 Å². The molecule has 0 aliphatic carbocycles. The zero-order chi connectivity index (χ0) is 25.0. The van der Waals surface area contributed by atoms with E-state index in [9.17, 15) is 18.3 Å². The van der Waals surface area contributed by atoms with E-state index in [4.69, 9.17) is 4.74 Å². The van der Waals surface area contributed by atoms with E-state index in [0.29, 0.717) is 24.3 Å². The number of carbonyl (C=O) groups excluding carboxylic acids is 1. The van der Waals surface area contributed by atoms with Crippen LogP contribution in [0.4, 0.5) is 11.4 Å². The summed E-state index contributed by atoms with van der Waals surface area (Å²) in [5.41, 5.74) is 1.51. The number of aryl methyl sites for hydroxylation is 1. The van der Waals surface area contributed by atoms with E-state index < -0.39 is 15.9 Å². The number of nitrogens with one attached hydrogen (secondary N) is 1. The van der Waals surface area contributed by atoms with Crippen LogP contribution in [-0.2, 0) is 16.6 Å². The first-order chi connectivity index (χ1) is 16.8. The van der Waals surface area contributed by atoms with Gasteiger partial charge in [-0.25, -0.2) is 8.42 Å². The van der Waals surface area contributed by atoms with E-state index >= 15 is 0 Å². The van der Waals surface area contributed by atoms with Gasteiger partial charge in [0, 0.05) is 23.2 Å². The zero-order valence-corrected chi connectivity index (χ0v) is 20.0. The normalized spacial score (nSPS) is 11.7. The van der Waals surface area contributed by atoms with Gasteiger partial charge < -0.3 is 14.4 Å². The Morgan fingerprint density at radius 2 is 1.69 bits per heavy atom. The topological polar surface area (TPSA) is 122 Å². The molecule has 0 aliphatic rings. The van der Waals surface area contributed by atoms with Crippen LogP contribution in [0, 0.1) is 0 Å². The number of carbonyl (C=O) groups is 1. The van der Waals surface area contributed by atoms with Gasteiger partial charge in [-0.15, -0.1) is 10.2 Å². The molecule has 0 saturated carbocycles. The average Bonchev–Trinajstić information content (AvgIpc) is 3.13. The highest BCUT2D eigenvalue weighted by molar-refractivity contribution is 7.92. The molecule has 35 heavy (non-hydrogen) atoms. The number of aromatic hydroxyl groups is 1. The van der Waals surface area contributed by atoms with Gasteiger partial charge in [-0.1, -0.05) is 18.2 Å². The van der Waals surface area contributed by atoms with Crippen molar-refractivity contribution in [1.82, 2.24) is 4.57 Å². The summed E-state index contributed by atoms with van der Waals surface area (Å²) in [6, 6.07) is 19.2. The summed E-state index contributed by atoms with van der Waals surface area (Å²) >= 11 is 0. The number of ether oxygens (including phenoxy) is 1. The number of aromatic nitrogens is 1. The van der Waals surface area contributed by atoms with Crippen molar-refractivity contribution >= 4 is 38.2 Å². The molecule has 1 heterocycles. The maximum Gasteiger partial charge on any atom is 0.295 e. The quantitative estimate of drug-likeness (QED) is 0.315. The van der Waals surface area contributed by atoms with E-state index in [2.05, 4.69) is 15.0 Å². The standard InChI is InChI=1S/C25H24N4O5S/c1-3-29-22-8-6-5-7-21(22)23(25(29)31)26-27-24(30)17-9-11-18(12-10-17)28-35(32,33)20-15-13-19(14-16-20)34-4-2/h5-16,28,31H,3-4H2,1-2H3. The Bertz CT molecular complexity index is 1490. The third kappa shape index (κ3) is 5.02. The van der Waals surface area contributed by atoms with Crippen molar-refractivity contribution in [3.63, 3.8) is 0 Å². The highest BCUT2D eigenvalue weighted by atomic mass is 32.2. The van der Waals surface area contributed by atoms with Crippen molar-refractivity contribution in [3.8, 4) is 11.6 Å². The number of rotatable bonds is 8. The minimum absolute atomic E-state index is 0.0655. The third-order valence-corrected chi connectivity index (χ3v) is 6.70. The summed E-state index contributed by atoms with van der Waals surface area (Å²) in [5.74, 6) is -0.112. The van der Waals surface area contributed by atoms with Crippen LogP contribution < -0.4 is 9.46 Å². The number of hydrogen-bond donors (Lipinski definition) is 2. The molecule has 0 bridgehead atoms. The number of fused-ring (bicyclic) bond motifs is 1. The average molecular weight is 493 g/mol. The van der Waals surface area contributed by atoms with Crippen LogP contribution in [0.2, 0.25) is 0 Å². The lowest BCUT2D eigenvalue weighted by molar-refractivity contribution is 0.0995. The number of sulfonamides is 1. The summed E-state index contributed by atoms with van der Waals surface area (Å²) in [6.07, 6.45) is 0. The van der Waals surface area contributed by atoms with Gasteiger partial charge in [0.05, 0.1) is 17.0 Å². The first-order valence-corrected chi connectivity index (χ1v) is 12.4. The molecular weight excluding hydrogens is 468 g/mol. The number of anilines is 1. The van der Waals surface area contributed by atoms with Gasteiger partial charge in [0.25, 0.3) is 15.9 Å². The number of benzene rings is 3. The minimum Gasteiger partial charge on any atom is -0.494 e. The number of hydrogen-bond acceptors (Lipinski definition) is 6. The molecule has 0 saturated heterocycles. The molecule has 1 aromatic heterocycles. The van der Waals surface area contributed by atoms with E-state index in [1.165, 1.54) is 36.4 Å². The van der Waals surface area contributed by atoms with Crippen LogP contribution >= 0.6 is 0 Å². The smallest absolute Gasteiger partial charge is 0.295 e. The lowest BCUT2D eigenvalue weighted by Crippen LogP contribution is -2.13. The largest absolute Gasteiger partial charge is 0.494 e. The fraction of sp³-hybridized carbons (Fsp3) is 0.160. The molecule has 0 unspecified atom stereocenters. The maximum absolute atomic E-state index is 12.6. The lowest BCUT2D eigenvalue weighted by Gasteiger charge is -2.09. The second-order valence-corrected chi connectivity index (χ2v) is 9.21. The molecule has 9 nitrogen and oxygen atoms in total. The molecule has 4 aromatic rings. The Balaban J connectivity index is 1.49. The molecule has 10 heteroatoms. The molecule has 0 spiro atoms. The van der Waals surface area contributed by atoms with Crippen LogP contribution in [0.1, 0.15) is 24.2 Å². The molecule has 0 fully saturated rings. The second kappa shape index (κ2) is 9.98. The fourth-order valence-corrected chi connectivity index (χ4v) is 4.68. The van der Waals surface area contributed by atoms with E-state index in [1.54, 1.807) is 22.8 Å². The van der Waals surface area contributed by atoms with Crippen molar-refractivity contribution in [2.24, 2.45) is 10.2 Å². The number of azo groups is 1. The van der Waals surface area contributed by atoms with Gasteiger partial charge in [0.15, 0.2) is 5.69 Å². The van der Waals surface area contributed by atoms with Gasteiger partial charge in [-0.2, -0.15) is 0 Å². The predicted octanol–water partition coefficient (Wildman–Crippen LogP) is 5.49. The maximum atomic E-state index is 12.6. The first-order valence-electron chi connectivity index (χ1n) is 11.0. The molecule has 0 atom stereocenters. The summed E-state index contributed by atoms with van der Waals surface area (Å²) in [7, 11) is -3.81. The van der Waals surface area contributed by atoms with Gasteiger partial charge >= 0.3 is 0 Å². The molecule has 180 valence electrons. The van der Waals surface area contributed by atoms with Gasteiger partial charge in [0.2, 0.25) is 5.88 Å². The zero-order valence-electron chi connectivity index (χ0n) is 19.2. The molecule has 4 rings (SSSR count). The fourth-order valence-electron chi connectivity index (χ4n) is 3.62. The summed E-state index contributed by atoms with van der Waals surface area (Å²) in [4.78, 5) is 12.6. The Morgan fingerprint density at radius 1 is 1.00 bits per heavy atom. The number of amides is 1. The monoisotopic (exact) mass is 492 g/mol. The molecular formula is C25H24N4O5S. The van der Waals surface area contributed by atoms with Gasteiger partial charge in [-0.3, -0.25) is 9.52 Å². The van der Waals surface area contributed by atoms with Crippen molar-refractivity contribution in [1.29, 1.82) is 0 Å². The van der Waals surface area contributed by atoms with Gasteiger partial charge in [0.1, 0.15) is 5.75 Å². The summed E-state index contributed by atoms with van der Waals surface area (Å²) in [5, 5.41) is 18.9. The second-order valence-electron chi connectivity index (χ2n) is 7.53. The van der Waals surface area contributed by atoms with Crippen molar-refractivity contribution in [2.75, 3.05) is 11.3 Å². The third-order valence-electron chi connectivity index (χ3n) is 5.30. The van der Waals surface area contributed by atoms with Crippen LogP contribution in [-0.4, -0.2) is 30.6 Å². The van der Waals surface area contributed by atoms with E-state index in [-0.39, 0.29) is 27.7 Å². The Kier molecular flexibility index (Phi) is 6.83. The minimum atomic E-state index is -3.81. The van der Waals surface area contributed by atoms with Crippen molar-refractivity contribution < 1.29 is 23.1 Å². The summed E-state index contributed by atoms with van der Waals surface area (Å²) in [6.45, 7) is 4.75. The molecule has 0 aliphatic heterocycles. The Labute approximate surface area is 202 Å². The Morgan fingerprint density at radius 3 is 2.34 bits per heavy atom. The van der Waals surface area contributed by atoms with Crippen LogP contribution in [0.15, 0.2) is 87.9 Å². The highest BCUT2D eigenvalue weighted by Crippen LogP contribution is 2.38. The molecule has 3 aromatic carbocycles. The lowest BCUT2D eigenvalue weighted by atomic mass is 10.2. The Hall–Kier alpha value is -4.18. The molecule has 2 N–H and O–H groups in total. The SMILES string of the molecule is CCOc1ccc(S(=O)(=O)Nc2ccc(C(=O)N=Nc3c(O)n(CC)c4ccccc34)cc2)cc1. The molecule has 0 radical (unpaired) electrons. The van der Waals surface area contributed by atoms with E-state index in [0.717, 1.165) is 5.52 Å². The molecule has 1 amide bonds. The van der Waals surface area contributed by atoms with Crippen LogP contribution in [0.5, 0.6) is 11.6 Å². The van der Waals surface area contributed by atoms with Crippen molar-refractivity contribution in [2.45, 2.75) is 25.3 Å². The van der Waals surface area contributed by atoms with Crippen LogP contribution in [0.3, 0.4) is 0 Å². The highest BCUT2D eigenvalue weighted by Gasteiger charge is 2.17. The first kappa shape index (κ1) is 24.0. The van der Waals surface area contributed by atoms with Crippen molar-refractivity contribution in [3.05, 3.63) is 78.4 Å². The predicted molar refractivity (Wildman–Crippen MR) is 133 cm³/mol. The van der Waals surface area contributed by atoms with Gasteiger partial charge in [-0.05, 0) is 68.4 Å². The summed E-state index contributed by atoms with van der Waals surface area (Å²) < 4.78 is 34.8. The van der Waals surface area contributed by atoms with E-state index in [1.807, 2.05) is 32.0 Å².